The van der Waals surface area contributed by atoms with Crippen LogP contribution in [-0.4, -0.2) is 36.5 Å². The van der Waals surface area contributed by atoms with Crippen LogP contribution in [0.2, 0.25) is 0 Å². The van der Waals surface area contributed by atoms with Crippen molar-refractivity contribution in [3.05, 3.63) is 11.8 Å². The van der Waals surface area contributed by atoms with Gasteiger partial charge in [0.2, 0.25) is 5.91 Å². The normalized spacial score (nSPS) is 14.5. The predicted octanol–water partition coefficient (Wildman–Crippen LogP) is 1.43. The molecule has 1 aliphatic heterocycles. The van der Waals surface area contributed by atoms with Crippen molar-refractivity contribution in [3.8, 4) is 0 Å². The van der Waals surface area contributed by atoms with Crippen molar-refractivity contribution < 1.29 is 4.79 Å². The molecule has 0 atom stereocenters. The Balaban J connectivity index is 2.38. The van der Waals surface area contributed by atoms with Crippen LogP contribution < -0.4 is 0 Å². The number of aliphatic imine (C=N–C) groups is 1. The van der Waals surface area contributed by atoms with Crippen LogP contribution in [0.25, 0.3) is 0 Å². The quantitative estimate of drug-likeness (QED) is 0.632. The van der Waals surface area contributed by atoms with Crippen LogP contribution in [0.5, 0.6) is 0 Å². The van der Waals surface area contributed by atoms with Crippen molar-refractivity contribution in [2.24, 2.45) is 4.99 Å². The van der Waals surface area contributed by atoms with Gasteiger partial charge in [-0.05, 0) is 12.5 Å². The first-order chi connectivity index (χ1) is 6.25. The molecular formula is C9H13ClN2O. The van der Waals surface area contributed by atoms with Gasteiger partial charge in [0.05, 0.1) is 6.54 Å². The number of halogens is 1. The van der Waals surface area contributed by atoms with E-state index in [1.165, 1.54) is 0 Å². The average Bonchev–Trinajstić information content (AvgIpc) is 2.65. The third kappa shape index (κ3) is 2.84. The molecule has 1 rings (SSSR count). The number of rotatable bonds is 4. The minimum absolute atomic E-state index is 0.109. The number of allylic oxidation sites excluding steroid dienone is 1. The first kappa shape index (κ1) is 10.3. The SMILES string of the molecule is CN(C(=O)CCCCl)C1=CC=NC1. The van der Waals surface area contributed by atoms with Crippen molar-refractivity contribution in [3.63, 3.8) is 0 Å². The van der Waals surface area contributed by atoms with Crippen molar-refractivity contribution in [2.75, 3.05) is 19.5 Å². The Hall–Kier alpha value is -0.830. The maximum Gasteiger partial charge on any atom is 0.226 e. The standard InChI is InChI=1S/C9H13ClN2O/c1-12(8-4-6-11-7-8)9(13)3-2-5-10/h4,6H,2-3,5,7H2,1H3. The molecule has 1 amide bonds. The number of hydrogen-bond donors (Lipinski definition) is 0. The van der Waals surface area contributed by atoms with Crippen molar-refractivity contribution >= 4 is 23.7 Å². The maximum atomic E-state index is 11.5. The van der Waals surface area contributed by atoms with Crippen molar-refractivity contribution in [2.45, 2.75) is 12.8 Å². The lowest BCUT2D eigenvalue weighted by Gasteiger charge is -2.17. The van der Waals surface area contributed by atoms with Gasteiger partial charge in [0, 0.05) is 31.3 Å². The fourth-order valence-electron chi connectivity index (χ4n) is 1.10. The molecule has 0 saturated heterocycles. The van der Waals surface area contributed by atoms with Crippen molar-refractivity contribution in [1.82, 2.24) is 4.90 Å². The summed E-state index contributed by atoms with van der Waals surface area (Å²) < 4.78 is 0. The summed E-state index contributed by atoms with van der Waals surface area (Å²) in [5.41, 5.74) is 0.958. The zero-order valence-corrected chi connectivity index (χ0v) is 8.42. The fraction of sp³-hybridized carbons (Fsp3) is 0.556. The predicted molar refractivity (Wildman–Crippen MR) is 54.2 cm³/mol. The van der Waals surface area contributed by atoms with E-state index in [9.17, 15) is 4.79 Å². The first-order valence-electron chi connectivity index (χ1n) is 4.27. The van der Waals surface area contributed by atoms with Crippen LogP contribution in [0.15, 0.2) is 16.8 Å². The number of carbonyl (C=O) groups excluding carboxylic acids is 1. The second-order valence-electron chi connectivity index (χ2n) is 2.89. The van der Waals surface area contributed by atoms with Crippen LogP contribution in [0.4, 0.5) is 0 Å². The molecule has 0 aliphatic carbocycles. The van der Waals surface area contributed by atoms with Gasteiger partial charge in [-0.25, -0.2) is 0 Å². The Morgan fingerprint density at radius 2 is 2.54 bits per heavy atom. The molecule has 0 aromatic heterocycles. The number of likely N-dealkylation sites (N-methyl/N-ethyl adjacent to an activating group) is 1. The lowest BCUT2D eigenvalue weighted by molar-refractivity contribution is -0.128. The zero-order chi connectivity index (χ0) is 9.68. The summed E-state index contributed by atoms with van der Waals surface area (Å²) in [4.78, 5) is 17.1. The fourth-order valence-corrected chi connectivity index (χ4v) is 1.24. The highest BCUT2D eigenvalue weighted by Gasteiger charge is 2.13. The van der Waals surface area contributed by atoms with Gasteiger partial charge in [-0.1, -0.05) is 0 Å². The lowest BCUT2D eigenvalue weighted by Crippen LogP contribution is -2.26. The molecule has 0 bridgehead atoms. The molecule has 1 aliphatic rings. The topological polar surface area (TPSA) is 32.7 Å². The van der Waals surface area contributed by atoms with E-state index >= 15 is 0 Å². The Labute approximate surface area is 83.1 Å². The molecule has 3 nitrogen and oxygen atoms in total. The number of carbonyl (C=O) groups is 1. The van der Waals surface area contributed by atoms with Crippen LogP contribution in [0.3, 0.4) is 0 Å². The summed E-state index contributed by atoms with van der Waals surface area (Å²) >= 11 is 5.50. The highest BCUT2D eigenvalue weighted by Crippen LogP contribution is 2.08. The number of nitrogens with zero attached hydrogens (tertiary/aromatic N) is 2. The highest BCUT2D eigenvalue weighted by atomic mass is 35.5. The van der Waals surface area contributed by atoms with E-state index in [0.29, 0.717) is 18.8 Å². The van der Waals surface area contributed by atoms with Gasteiger partial charge in [0.1, 0.15) is 0 Å². The van der Waals surface area contributed by atoms with Gasteiger partial charge < -0.3 is 4.90 Å². The van der Waals surface area contributed by atoms with E-state index in [4.69, 9.17) is 11.6 Å². The van der Waals surface area contributed by atoms with Gasteiger partial charge >= 0.3 is 0 Å². The van der Waals surface area contributed by atoms with Crippen LogP contribution >= 0.6 is 11.6 Å². The molecule has 72 valence electrons. The summed E-state index contributed by atoms with van der Waals surface area (Å²) in [6.07, 6.45) is 4.83. The minimum atomic E-state index is 0.109. The molecule has 13 heavy (non-hydrogen) atoms. The molecule has 0 unspecified atom stereocenters. The lowest BCUT2D eigenvalue weighted by atomic mass is 10.3. The smallest absolute Gasteiger partial charge is 0.226 e. The van der Waals surface area contributed by atoms with Gasteiger partial charge in [0.15, 0.2) is 0 Å². The third-order valence-corrected chi connectivity index (χ3v) is 2.22. The molecule has 0 radical (unpaired) electrons. The summed E-state index contributed by atoms with van der Waals surface area (Å²) in [5, 5.41) is 0. The Morgan fingerprint density at radius 3 is 3.08 bits per heavy atom. The van der Waals surface area contributed by atoms with Crippen LogP contribution in [-0.2, 0) is 4.79 Å². The molecule has 0 N–H and O–H groups in total. The second kappa shape index (κ2) is 5.02. The van der Waals surface area contributed by atoms with Crippen LogP contribution in [0, 0.1) is 0 Å². The van der Waals surface area contributed by atoms with E-state index in [-0.39, 0.29) is 5.91 Å². The molecule has 0 aromatic carbocycles. The summed E-state index contributed by atoms with van der Waals surface area (Å²) in [7, 11) is 1.77. The molecule has 0 fully saturated rings. The Morgan fingerprint density at radius 1 is 1.77 bits per heavy atom. The van der Waals surface area contributed by atoms with E-state index in [1.54, 1.807) is 18.2 Å². The van der Waals surface area contributed by atoms with Crippen LogP contribution in [0.1, 0.15) is 12.8 Å². The summed E-state index contributed by atoms with van der Waals surface area (Å²) in [5.74, 6) is 0.646. The first-order valence-corrected chi connectivity index (χ1v) is 4.80. The van der Waals surface area contributed by atoms with E-state index in [2.05, 4.69) is 4.99 Å². The molecular weight excluding hydrogens is 188 g/mol. The Kier molecular flexibility index (Phi) is 3.96. The maximum absolute atomic E-state index is 11.5. The second-order valence-corrected chi connectivity index (χ2v) is 3.27. The minimum Gasteiger partial charge on any atom is -0.317 e. The monoisotopic (exact) mass is 200 g/mol. The van der Waals surface area contributed by atoms with Gasteiger partial charge in [-0.15, -0.1) is 11.6 Å². The number of amides is 1. The van der Waals surface area contributed by atoms with E-state index in [0.717, 1.165) is 12.1 Å². The summed E-state index contributed by atoms with van der Waals surface area (Å²) in [6, 6.07) is 0. The summed E-state index contributed by atoms with van der Waals surface area (Å²) in [6.45, 7) is 0.614. The largest absolute Gasteiger partial charge is 0.317 e. The Bertz CT molecular complexity index is 248. The van der Waals surface area contributed by atoms with Gasteiger partial charge in [-0.2, -0.15) is 0 Å². The highest BCUT2D eigenvalue weighted by molar-refractivity contribution is 6.17. The van der Waals surface area contributed by atoms with Gasteiger partial charge in [-0.3, -0.25) is 9.79 Å². The molecule has 0 spiro atoms. The van der Waals surface area contributed by atoms with E-state index < -0.39 is 0 Å². The van der Waals surface area contributed by atoms with Crippen molar-refractivity contribution in [1.29, 1.82) is 0 Å². The molecule has 1 heterocycles. The number of alkyl halides is 1. The molecule has 0 aromatic rings. The zero-order valence-electron chi connectivity index (χ0n) is 7.66. The molecule has 0 saturated carbocycles. The molecule has 4 heteroatoms. The average molecular weight is 201 g/mol. The van der Waals surface area contributed by atoms with E-state index in [1.807, 2.05) is 6.08 Å². The third-order valence-electron chi connectivity index (χ3n) is 1.95. The van der Waals surface area contributed by atoms with Gasteiger partial charge in [0.25, 0.3) is 0 Å². The number of hydrogen-bond acceptors (Lipinski definition) is 2.